The molecule has 5 aromatic carbocycles. The Hall–Kier alpha value is -5.51. The van der Waals surface area contributed by atoms with Crippen molar-refractivity contribution in [1.29, 1.82) is 6.90 Å². The Kier molecular flexibility index (Phi) is 14.1. The van der Waals surface area contributed by atoms with Gasteiger partial charge in [-0.15, -0.1) is 20.7 Å². The van der Waals surface area contributed by atoms with Gasteiger partial charge in [-0.1, -0.05) is 198 Å². The lowest BCUT2D eigenvalue weighted by molar-refractivity contribution is -0.131. The van der Waals surface area contributed by atoms with Crippen molar-refractivity contribution < 1.29 is 101 Å². The maximum Gasteiger partial charge on any atom is 0.526 e. The van der Waals surface area contributed by atoms with Crippen LogP contribution < -0.4 is 10.5 Å². The van der Waals surface area contributed by atoms with Crippen LogP contribution in [0.15, 0.2) is 109 Å². The summed E-state index contributed by atoms with van der Waals surface area (Å²) in [4.78, 5) is 20.9. The molecule has 5 aromatic rings. The monoisotopic (exact) mass is 1160 g/mol. The molecule has 0 bridgehead atoms. The van der Waals surface area contributed by atoms with Crippen LogP contribution in [0.1, 0.15) is 222 Å². The summed E-state index contributed by atoms with van der Waals surface area (Å²) in [5.74, 6) is -2.28. The third-order valence-electron chi connectivity index (χ3n) is 8.44. The van der Waals surface area contributed by atoms with E-state index in [4.69, 9.17) is 70.9 Å². The average Bonchev–Trinajstić information content (AvgIpc) is 0.740. The van der Waals surface area contributed by atoms with Gasteiger partial charge in [0.1, 0.15) is 29.9 Å². The molecule has 16 heteroatoms. The molecule has 430 valence electrons. The lowest BCUT2D eigenvalue weighted by Crippen LogP contribution is -2.18. The van der Waals surface area contributed by atoms with Crippen molar-refractivity contribution in [3.8, 4) is 28.7 Å². The van der Waals surface area contributed by atoms with Crippen molar-refractivity contribution in [2.75, 3.05) is 12.8 Å². The number of anilines is 1. The zero-order chi connectivity index (χ0) is 91.6. The molecule has 9 N–H and O–H groups in total. The quantitative estimate of drug-likeness (QED) is 0.0246. The fourth-order valence-corrected chi connectivity index (χ4v) is 4.93. The van der Waals surface area contributed by atoms with Gasteiger partial charge in [0.2, 0.25) is 0 Å². The topological polar surface area (TPSA) is 237 Å². The van der Waals surface area contributed by atoms with E-state index < -0.39 is 156 Å². The molecule has 0 aliphatic heterocycles. The summed E-state index contributed by atoms with van der Waals surface area (Å²) in [5.41, 5.74) is -7.90. The number of nitrogens with two attached hydrogens (primary N) is 1. The molecule has 76 heavy (non-hydrogen) atoms. The minimum atomic E-state index is -4.66. The van der Waals surface area contributed by atoms with Crippen molar-refractivity contribution in [2.45, 2.75) is 177 Å². The molecule has 13 nitrogen and oxygen atoms in total. The third-order valence-corrected chi connectivity index (χ3v) is 8.60. The second-order valence-electron chi connectivity index (χ2n) is 17.3. The van der Waals surface area contributed by atoms with Crippen molar-refractivity contribution in [3.05, 3.63) is 142 Å². The maximum atomic E-state index is 11.5. The van der Waals surface area contributed by atoms with Crippen molar-refractivity contribution in [2.24, 2.45) is 0 Å². The lowest BCUT2D eigenvalue weighted by atomic mass is 9.79. The van der Waals surface area contributed by atoms with E-state index in [2.05, 4.69) is 38.9 Å². The van der Waals surface area contributed by atoms with E-state index in [1.54, 1.807) is 24.3 Å². The van der Waals surface area contributed by atoms with Crippen LogP contribution in [0.2, 0.25) is 0 Å². The molecular formula is C60H94Cl2NO12S+. The van der Waals surface area contributed by atoms with E-state index in [0.717, 1.165) is 64.1 Å². The number of nitrogen functional groups attached to an aromatic ring is 1. The number of aromatic hydroxyl groups is 4. The molecule has 0 saturated carbocycles. The Morgan fingerprint density at radius 2 is 1.07 bits per heavy atom. The highest BCUT2D eigenvalue weighted by Crippen LogP contribution is 2.39. The number of benzene rings is 5. The van der Waals surface area contributed by atoms with Crippen LogP contribution in [0, 0.1) is 0 Å². The zero-order valence-corrected chi connectivity index (χ0v) is 46.6. The number of rotatable bonds is 4. The van der Waals surface area contributed by atoms with Crippen LogP contribution in [0.4, 0.5) is 10.5 Å². The maximum absolute atomic E-state index is 11.5. The Balaban J connectivity index is -0.000000653. The molecular weight excluding hydrogens is 1030 g/mol. The number of carbonyl (C=O) groups excluding carboxylic acids is 2. The fourth-order valence-electron chi connectivity index (χ4n) is 4.93. The van der Waals surface area contributed by atoms with Gasteiger partial charge < -0.3 is 40.2 Å². The van der Waals surface area contributed by atoms with Crippen LogP contribution in [0.3, 0.4) is 0 Å². The number of esters is 1. The number of phenolic OH excluding ortho intramolecular Hbond substituents is 4. The van der Waals surface area contributed by atoms with Crippen LogP contribution in [-0.2, 0) is 52.4 Å². The molecule has 0 radical (unpaired) electrons. The number of para-hydroxylation sites is 2. The summed E-state index contributed by atoms with van der Waals surface area (Å²) in [6.07, 6.45) is 0. The fraction of sp³-hybridized carbons (Fsp3) is 0.467. The molecule has 0 saturated heterocycles. The Labute approximate surface area is 520 Å². The van der Waals surface area contributed by atoms with Gasteiger partial charge in [0.25, 0.3) is 2.86 Å². The first-order valence-electron chi connectivity index (χ1n) is 39.7. The van der Waals surface area contributed by atoms with E-state index >= 15 is 0 Å². The third kappa shape index (κ3) is 34.9. The summed E-state index contributed by atoms with van der Waals surface area (Å²) in [7, 11) is -3.44. The molecule has 0 aromatic heterocycles. The van der Waals surface area contributed by atoms with E-state index in [1.807, 2.05) is 19.9 Å². The van der Waals surface area contributed by atoms with E-state index in [-0.39, 0.29) is 56.4 Å². The number of ether oxygens (including phenoxy) is 2. The Morgan fingerprint density at radius 1 is 0.645 bits per heavy atom. The Morgan fingerprint density at radius 3 is 1.43 bits per heavy atom. The van der Waals surface area contributed by atoms with Gasteiger partial charge in [-0.3, -0.25) is 4.79 Å². The second-order valence-corrected chi connectivity index (χ2v) is 18.5. The number of hydrogen-bond donors (Lipinski definition) is 6. The van der Waals surface area contributed by atoms with Gasteiger partial charge in [-0.05, 0) is 103 Å². The Bertz CT molecular complexity index is 3920. The van der Waals surface area contributed by atoms with Crippen LogP contribution >= 0.6 is 23.9 Å². The highest BCUT2D eigenvalue weighted by Gasteiger charge is 2.26. The molecule has 0 aliphatic carbocycles. The number of methoxy groups -OCH3 is 1. The van der Waals surface area contributed by atoms with Crippen molar-refractivity contribution in [3.63, 3.8) is 0 Å². The molecule has 0 fully saturated rings. The second kappa shape index (κ2) is 33.6. The lowest BCUT2D eigenvalue weighted by Gasteiger charge is -2.27. The van der Waals surface area contributed by atoms with Gasteiger partial charge in [-0.25, -0.2) is 9.35 Å². The summed E-state index contributed by atoms with van der Waals surface area (Å²) in [6, 6.07) is 16.7. The standard InChI is InChI=1S/C16H24O2.C14H23NO.C14H22O.2C6H6O.C2H3ClO2.C2H6.ClH.H2O4S/c1-11(17)18-14-9-8-12(15(2,3)4)10-13(14)16(5,6)7;1-13(2,3)9-7-10(14(4,5)6)12(16)8-11(9)15;1-13(2,3)10-7-8-12(15)11(9-10)14(4,5)6;2*7-6-4-2-1-3-5-6;1-5-2(3)4;1-2;;1-5(2,3)4/h8-10H,1-7H3;7-8,16H,15H2,1-6H3;7-9,15H,1-6H3;2*1-5,7H;1H3;1-2H3;1H;(H2,1,2,3,4)/p+1/i2D3,5D3,6D3,9D;1D3,4D3,5D3;1D3,4D3,5D3,8D;1D,4D,5D;;;;;/hD5. The summed E-state index contributed by atoms with van der Waals surface area (Å²) in [6.45, 7) is -9.30. The highest BCUT2D eigenvalue weighted by atomic mass is 35.5. The van der Waals surface area contributed by atoms with E-state index in [0.29, 0.717) is 5.75 Å². The first-order chi connectivity index (χ1) is 50.0. The van der Waals surface area contributed by atoms with Gasteiger partial charge >= 0.3 is 24.7 Å². The van der Waals surface area contributed by atoms with E-state index in [1.165, 1.54) is 60.8 Å². The SMILES string of the molecule is CC.COC(=O)Cl.Oc1ccccc1.[2H]C([2H])([2H])C(C)(C)c1cc(C(C)(C([2H])([2H])[2H])C([2H])([2H])[2H])c(O)cc1N.[2H]Cl.[2H]Oc1c([2H])cc(C(C)(C)C([2H])([2H])[2H])cc1C(C)(C([2H])([2H])[2H])C([2H])([2H])[2H].[2H]Oc1c([2H])cc([2H])cc1[2H].[2H][O+]([2H])S(=O)(=O)O.[2H]c1cc(C(C)(C)C([2H])([2H])[2H])cc(C(C)(C([2H])([2H])[2H])C([2H])([2H])[2H])c1OC(C)=O. The molecule has 0 amide bonds. The van der Waals surface area contributed by atoms with E-state index in [9.17, 15) is 23.1 Å². The zero-order valence-electron chi connectivity index (χ0n) is 81.3. The van der Waals surface area contributed by atoms with Crippen molar-refractivity contribution >= 4 is 51.4 Å². The predicted octanol–water partition coefficient (Wildman–Crippen LogP) is 15.5. The minimum Gasteiger partial charge on any atom is -0.508 e. The van der Waals surface area contributed by atoms with Crippen LogP contribution in [-0.4, -0.2) is 63.4 Å². The van der Waals surface area contributed by atoms with Gasteiger partial charge in [0.05, 0.1) is 14.0 Å². The summed E-state index contributed by atoms with van der Waals surface area (Å²) in [5, 5.41) is 27.3. The van der Waals surface area contributed by atoms with Crippen LogP contribution in [0.25, 0.3) is 0 Å². The number of carbonyl (C=O) groups is 2. The number of phenols is 4. The van der Waals surface area contributed by atoms with Gasteiger partial charge in [0, 0.05) is 72.9 Å². The smallest absolute Gasteiger partial charge is 0.508 e. The molecule has 0 atom stereocenters. The highest BCUT2D eigenvalue weighted by molar-refractivity contribution is 7.79. The average molecular weight is 1160 g/mol. The van der Waals surface area contributed by atoms with Gasteiger partial charge in [-0.2, -0.15) is 0 Å². The van der Waals surface area contributed by atoms with Crippen LogP contribution in [0.5, 0.6) is 28.7 Å². The molecule has 0 aliphatic rings. The molecule has 0 spiro atoms. The first kappa shape index (κ1) is 31.8. The molecule has 0 unspecified atom stereocenters. The predicted molar refractivity (Wildman–Crippen MR) is 319 cm³/mol. The van der Waals surface area contributed by atoms with Crippen molar-refractivity contribution in [1.82, 2.24) is 0 Å². The number of hydrogen-bond acceptors (Lipinski definition) is 11. The molecule has 5 rings (SSSR count). The largest absolute Gasteiger partial charge is 0.526 e. The normalized spacial score (nSPS) is 19.5. The molecule has 0 heterocycles. The minimum absolute atomic E-state index is 0.0446. The summed E-state index contributed by atoms with van der Waals surface area (Å²) < 4.78 is 312. The summed E-state index contributed by atoms with van der Waals surface area (Å²) >= 11 is 8.49. The van der Waals surface area contributed by atoms with Gasteiger partial charge in [0.15, 0.2) is 0 Å². The number of halogens is 2. The first-order valence-corrected chi connectivity index (χ1v) is 23.5.